The van der Waals surface area contributed by atoms with Crippen molar-refractivity contribution < 1.29 is 0 Å². The molecule has 0 bridgehead atoms. The van der Waals surface area contributed by atoms with Crippen molar-refractivity contribution in [2.24, 2.45) is 5.92 Å². The molecule has 1 fully saturated rings. The lowest BCUT2D eigenvalue weighted by Gasteiger charge is -2.34. The van der Waals surface area contributed by atoms with Crippen molar-refractivity contribution in [3.63, 3.8) is 0 Å². The van der Waals surface area contributed by atoms with Gasteiger partial charge in [0.25, 0.3) is 0 Å². The van der Waals surface area contributed by atoms with E-state index in [1.807, 2.05) is 0 Å². The normalized spacial score (nSPS) is 21.1. The van der Waals surface area contributed by atoms with E-state index in [-0.39, 0.29) is 5.54 Å². The number of nitrogens with zero attached hydrogens (tertiary/aromatic N) is 1. The molecule has 0 aliphatic carbocycles. The Labute approximate surface area is 132 Å². The van der Waals surface area contributed by atoms with Crippen LogP contribution in [-0.4, -0.2) is 30.1 Å². The van der Waals surface area contributed by atoms with Crippen molar-refractivity contribution in [1.82, 2.24) is 10.2 Å². The zero-order valence-electron chi connectivity index (χ0n) is 13.0. The van der Waals surface area contributed by atoms with Gasteiger partial charge < -0.3 is 5.32 Å². The van der Waals surface area contributed by atoms with Gasteiger partial charge in [-0.2, -0.15) is 0 Å². The quantitative estimate of drug-likeness (QED) is 0.890. The number of piperidine rings is 1. The van der Waals surface area contributed by atoms with Crippen LogP contribution in [0.25, 0.3) is 0 Å². The summed E-state index contributed by atoms with van der Waals surface area (Å²) in [5, 5.41) is 3.65. The number of hydrogen-bond donors (Lipinski definition) is 1. The highest BCUT2D eigenvalue weighted by atomic mass is 79.9. The lowest BCUT2D eigenvalue weighted by atomic mass is 9.96. The summed E-state index contributed by atoms with van der Waals surface area (Å²) in [4.78, 5) is 2.60. The van der Waals surface area contributed by atoms with E-state index in [0.717, 1.165) is 19.0 Å². The van der Waals surface area contributed by atoms with Gasteiger partial charge >= 0.3 is 0 Å². The van der Waals surface area contributed by atoms with E-state index >= 15 is 0 Å². The first-order valence-corrected chi connectivity index (χ1v) is 8.43. The molecule has 0 amide bonds. The lowest BCUT2D eigenvalue weighted by Crippen LogP contribution is -2.44. The molecule has 2 nitrogen and oxygen atoms in total. The molecular formula is C17H27BrN2. The maximum Gasteiger partial charge on any atom is 0.0234 e. The largest absolute Gasteiger partial charge is 0.312 e. The number of halogens is 1. The van der Waals surface area contributed by atoms with Gasteiger partial charge in [0, 0.05) is 23.1 Å². The van der Waals surface area contributed by atoms with Gasteiger partial charge in [0.05, 0.1) is 0 Å². The minimum absolute atomic E-state index is 0.229. The minimum atomic E-state index is 0.229. The van der Waals surface area contributed by atoms with Gasteiger partial charge in [-0.15, -0.1) is 0 Å². The summed E-state index contributed by atoms with van der Waals surface area (Å²) >= 11 is 3.56. The molecule has 0 aromatic heterocycles. The van der Waals surface area contributed by atoms with Crippen molar-refractivity contribution in [3.8, 4) is 0 Å². The number of hydrogen-bond acceptors (Lipinski definition) is 2. The maximum atomic E-state index is 3.65. The number of benzene rings is 1. The third-order valence-corrected chi connectivity index (χ3v) is 4.31. The van der Waals surface area contributed by atoms with Gasteiger partial charge in [-0.1, -0.05) is 28.1 Å². The summed E-state index contributed by atoms with van der Waals surface area (Å²) in [6.07, 6.45) is 2.68. The van der Waals surface area contributed by atoms with E-state index < -0.39 is 0 Å². The van der Waals surface area contributed by atoms with Crippen molar-refractivity contribution in [3.05, 3.63) is 34.3 Å². The number of nitrogens with one attached hydrogen (secondary N) is 1. The second-order valence-corrected chi connectivity index (χ2v) is 7.92. The topological polar surface area (TPSA) is 15.3 Å². The monoisotopic (exact) mass is 338 g/mol. The van der Waals surface area contributed by atoms with Crippen molar-refractivity contribution in [1.29, 1.82) is 0 Å². The third kappa shape index (κ3) is 5.55. The van der Waals surface area contributed by atoms with E-state index in [1.54, 1.807) is 0 Å². The van der Waals surface area contributed by atoms with Crippen molar-refractivity contribution in [2.75, 3.05) is 19.6 Å². The molecule has 1 aromatic rings. The molecular weight excluding hydrogens is 312 g/mol. The first kappa shape index (κ1) is 16.0. The second-order valence-electron chi connectivity index (χ2n) is 7.00. The van der Waals surface area contributed by atoms with Crippen LogP contribution in [0.3, 0.4) is 0 Å². The van der Waals surface area contributed by atoms with E-state index in [0.29, 0.717) is 0 Å². The first-order chi connectivity index (χ1) is 9.42. The molecule has 1 aromatic carbocycles. The van der Waals surface area contributed by atoms with Crippen LogP contribution in [0.4, 0.5) is 0 Å². The second kappa shape index (κ2) is 7.06. The van der Waals surface area contributed by atoms with E-state index in [2.05, 4.69) is 71.2 Å². The molecule has 0 saturated carbocycles. The third-order valence-electron chi connectivity index (χ3n) is 3.82. The van der Waals surface area contributed by atoms with E-state index in [4.69, 9.17) is 0 Å². The zero-order valence-corrected chi connectivity index (χ0v) is 14.5. The summed E-state index contributed by atoms with van der Waals surface area (Å²) in [5.41, 5.74) is 1.64. The Bertz CT molecular complexity index is 425. The van der Waals surface area contributed by atoms with Gasteiger partial charge in [0.2, 0.25) is 0 Å². The molecule has 112 valence electrons. The van der Waals surface area contributed by atoms with Crippen LogP contribution in [0.2, 0.25) is 0 Å². The molecule has 3 heteroatoms. The van der Waals surface area contributed by atoms with Crippen molar-refractivity contribution >= 4 is 15.9 Å². The minimum Gasteiger partial charge on any atom is -0.312 e. The summed E-state index contributed by atoms with van der Waals surface area (Å²) in [6, 6.07) is 8.68. The zero-order chi connectivity index (χ0) is 14.6. The van der Waals surface area contributed by atoms with Crippen LogP contribution in [0.1, 0.15) is 39.2 Å². The van der Waals surface area contributed by atoms with E-state index in [9.17, 15) is 0 Å². The predicted molar refractivity (Wildman–Crippen MR) is 89.9 cm³/mol. The van der Waals surface area contributed by atoms with Crippen LogP contribution < -0.4 is 5.32 Å². The molecule has 0 spiro atoms. The van der Waals surface area contributed by atoms with Gasteiger partial charge in [-0.3, -0.25) is 4.90 Å². The number of rotatable bonds is 4. The Kier molecular flexibility index (Phi) is 5.65. The highest BCUT2D eigenvalue weighted by Gasteiger charge is 2.21. The van der Waals surface area contributed by atoms with Gasteiger partial charge in [0.1, 0.15) is 0 Å². The molecule has 2 rings (SSSR count). The van der Waals surface area contributed by atoms with Crippen molar-refractivity contribution in [2.45, 2.75) is 45.7 Å². The molecule has 1 heterocycles. The number of likely N-dealkylation sites (tertiary alicyclic amines) is 1. The Hall–Kier alpha value is -0.380. The van der Waals surface area contributed by atoms with Crippen LogP contribution in [0.5, 0.6) is 0 Å². The molecule has 1 saturated heterocycles. The smallest absolute Gasteiger partial charge is 0.0234 e. The maximum absolute atomic E-state index is 3.65. The molecule has 0 radical (unpaired) electrons. The van der Waals surface area contributed by atoms with Crippen LogP contribution in [-0.2, 0) is 6.54 Å². The van der Waals surface area contributed by atoms with Crippen LogP contribution in [0, 0.1) is 5.92 Å². The van der Waals surface area contributed by atoms with E-state index in [1.165, 1.54) is 36.0 Å². The fourth-order valence-corrected chi connectivity index (χ4v) is 3.25. The Morgan fingerprint density at radius 1 is 1.35 bits per heavy atom. The molecule has 1 atom stereocenters. The SMILES string of the molecule is CC(C)(C)NCC1CCCN(Cc2cccc(Br)c2)C1. The highest BCUT2D eigenvalue weighted by molar-refractivity contribution is 9.10. The lowest BCUT2D eigenvalue weighted by molar-refractivity contribution is 0.159. The summed E-state index contributed by atoms with van der Waals surface area (Å²) in [5.74, 6) is 0.787. The Balaban J connectivity index is 1.84. The van der Waals surface area contributed by atoms with Gasteiger partial charge in [-0.05, 0) is 70.3 Å². The predicted octanol–water partition coefficient (Wildman–Crippen LogP) is 4.05. The summed E-state index contributed by atoms with van der Waals surface area (Å²) < 4.78 is 1.18. The molecule has 1 unspecified atom stereocenters. The summed E-state index contributed by atoms with van der Waals surface area (Å²) in [7, 11) is 0. The molecule has 20 heavy (non-hydrogen) atoms. The van der Waals surface area contributed by atoms with Gasteiger partial charge in [0.15, 0.2) is 0 Å². The Morgan fingerprint density at radius 3 is 2.85 bits per heavy atom. The Morgan fingerprint density at radius 2 is 2.15 bits per heavy atom. The average molecular weight is 339 g/mol. The fourth-order valence-electron chi connectivity index (χ4n) is 2.81. The standard InChI is InChI=1S/C17H27BrN2/c1-17(2,3)19-11-15-7-5-9-20(13-15)12-14-6-4-8-16(18)10-14/h4,6,8,10,15,19H,5,7,9,11-13H2,1-3H3. The molecule has 1 aliphatic rings. The fraction of sp³-hybridized carbons (Fsp3) is 0.647. The highest BCUT2D eigenvalue weighted by Crippen LogP contribution is 2.20. The van der Waals surface area contributed by atoms with Crippen LogP contribution >= 0.6 is 15.9 Å². The van der Waals surface area contributed by atoms with Crippen LogP contribution in [0.15, 0.2) is 28.7 Å². The first-order valence-electron chi connectivity index (χ1n) is 7.64. The summed E-state index contributed by atoms with van der Waals surface area (Å²) in [6.45, 7) is 11.4. The average Bonchev–Trinajstić information content (AvgIpc) is 2.36. The molecule has 1 N–H and O–H groups in total. The van der Waals surface area contributed by atoms with Gasteiger partial charge in [-0.25, -0.2) is 0 Å². The molecule has 1 aliphatic heterocycles.